The van der Waals surface area contributed by atoms with E-state index in [0.717, 1.165) is 26.2 Å². The van der Waals surface area contributed by atoms with Crippen LogP contribution in [0, 0.1) is 0 Å². The summed E-state index contributed by atoms with van der Waals surface area (Å²) in [6.45, 7) is 7.73. The summed E-state index contributed by atoms with van der Waals surface area (Å²) >= 11 is 0. The Bertz CT molecular complexity index is 270. The zero-order valence-electron chi connectivity index (χ0n) is 10.7. The van der Waals surface area contributed by atoms with Gasteiger partial charge in [0, 0.05) is 6.92 Å². The molecule has 1 rings (SSSR count). The quantitative estimate of drug-likeness (QED) is 0.850. The average Bonchev–Trinajstić information content (AvgIpc) is 2.27. The molecule has 2 nitrogen and oxygen atoms in total. The molecule has 0 amide bonds. The van der Waals surface area contributed by atoms with Crippen LogP contribution >= 0.6 is 0 Å². The molecule has 1 aromatic rings. The standard InChI is InChI=1S/C12H18.C2H4O2/c1-4-10-7-11(5-2)9-12(6-3)8-10;1-2(3)4/h7-9H,4-6H2,1-3H3;1H3,(H,3,4). The first-order chi connectivity index (χ1) is 7.53. The molecule has 0 aliphatic carbocycles. The summed E-state index contributed by atoms with van der Waals surface area (Å²) in [5.41, 5.74) is 4.43. The van der Waals surface area contributed by atoms with Crippen molar-refractivity contribution >= 4 is 5.97 Å². The van der Waals surface area contributed by atoms with Crippen molar-refractivity contribution in [3.05, 3.63) is 34.9 Å². The van der Waals surface area contributed by atoms with Gasteiger partial charge in [-0.25, -0.2) is 0 Å². The maximum atomic E-state index is 9.00. The highest BCUT2D eigenvalue weighted by Gasteiger charge is 1.96. The highest BCUT2D eigenvalue weighted by Crippen LogP contribution is 2.12. The summed E-state index contributed by atoms with van der Waals surface area (Å²) in [4.78, 5) is 9.00. The van der Waals surface area contributed by atoms with Gasteiger partial charge >= 0.3 is 0 Å². The van der Waals surface area contributed by atoms with Crippen LogP contribution < -0.4 is 0 Å². The molecule has 0 radical (unpaired) electrons. The molecule has 1 N–H and O–H groups in total. The molecular formula is C14H22O2. The second-order valence-corrected chi connectivity index (χ2v) is 3.74. The first-order valence-electron chi connectivity index (χ1n) is 5.84. The lowest BCUT2D eigenvalue weighted by molar-refractivity contribution is -0.134. The Morgan fingerprint density at radius 1 is 0.938 bits per heavy atom. The van der Waals surface area contributed by atoms with E-state index in [9.17, 15) is 0 Å². The molecule has 0 unspecified atom stereocenters. The van der Waals surface area contributed by atoms with Crippen LogP contribution in [-0.4, -0.2) is 11.1 Å². The topological polar surface area (TPSA) is 37.3 Å². The Morgan fingerprint density at radius 2 is 1.12 bits per heavy atom. The van der Waals surface area contributed by atoms with Crippen LogP contribution in [0.5, 0.6) is 0 Å². The first-order valence-corrected chi connectivity index (χ1v) is 5.84. The number of hydrogen-bond donors (Lipinski definition) is 1. The number of carbonyl (C=O) groups is 1. The van der Waals surface area contributed by atoms with Gasteiger partial charge in [-0.3, -0.25) is 4.79 Å². The van der Waals surface area contributed by atoms with Crippen molar-refractivity contribution in [2.24, 2.45) is 0 Å². The average molecular weight is 222 g/mol. The Balaban J connectivity index is 0.000000487. The molecule has 0 aliphatic heterocycles. The van der Waals surface area contributed by atoms with E-state index in [1.807, 2.05) is 0 Å². The fourth-order valence-corrected chi connectivity index (χ4v) is 1.45. The molecule has 0 fully saturated rings. The minimum atomic E-state index is -0.833. The first kappa shape index (κ1) is 14.7. The number of rotatable bonds is 3. The van der Waals surface area contributed by atoms with Gasteiger partial charge in [-0.05, 0) is 36.0 Å². The molecular weight excluding hydrogens is 200 g/mol. The van der Waals surface area contributed by atoms with Crippen molar-refractivity contribution in [1.29, 1.82) is 0 Å². The predicted molar refractivity (Wildman–Crippen MR) is 67.9 cm³/mol. The molecule has 1 aromatic carbocycles. The highest BCUT2D eigenvalue weighted by molar-refractivity contribution is 5.62. The number of aliphatic carboxylic acids is 1. The van der Waals surface area contributed by atoms with Crippen LogP contribution in [0.25, 0.3) is 0 Å². The van der Waals surface area contributed by atoms with Crippen molar-refractivity contribution < 1.29 is 9.90 Å². The molecule has 0 saturated carbocycles. The summed E-state index contributed by atoms with van der Waals surface area (Å²) in [6, 6.07) is 6.96. The van der Waals surface area contributed by atoms with Gasteiger partial charge < -0.3 is 5.11 Å². The summed E-state index contributed by atoms with van der Waals surface area (Å²) in [5.74, 6) is -0.833. The fraction of sp³-hybridized carbons (Fsp3) is 0.500. The van der Waals surface area contributed by atoms with E-state index >= 15 is 0 Å². The van der Waals surface area contributed by atoms with Crippen LogP contribution in [0.15, 0.2) is 18.2 Å². The smallest absolute Gasteiger partial charge is 0.300 e. The number of benzene rings is 1. The molecule has 0 aromatic heterocycles. The zero-order chi connectivity index (χ0) is 12.6. The van der Waals surface area contributed by atoms with E-state index in [1.165, 1.54) is 16.7 Å². The monoisotopic (exact) mass is 222 g/mol. The van der Waals surface area contributed by atoms with Crippen LogP contribution in [0.1, 0.15) is 44.4 Å². The minimum Gasteiger partial charge on any atom is -0.481 e. The van der Waals surface area contributed by atoms with Crippen LogP contribution in [-0.2, 0) is 24.1 Å². The van der Waals surface area contributed by atoms with Gasteiger partial charge in [-0.2, -0.15) is 0 Å². The van der Waals surface area contributed by atoms with E-state index in [4.69, 9.17) is 9.90 Å². The molecule has 0 bridgehead atoms. The van der Waals surface area contributed by atoms with Crippen LogP contribution in [0.2, 0.25) is 0 Å². The van der Waals surface area contributed by atoms with Crippen molar-refractivity contribution in [2.75, 3.05) is 0 Å². The molecule has 0 heterocycles. The van der Waals surface area contributed by atoms with Gasteiger partial charge in [-0.15, -0.1) is 0 Å². The Morgan fingerprint density at radius 3 is 1.25 bits per heavy atom. The summed E-state index contributed by atoms with van der Waals surface area (Å²) in [6.07, 6.45) is 3.46. The van der Waals surface area contributed by atoms with E-state index in [0.29, 0.717) is 0 Å². The Hall–Kier alpha value is -1.31. The van der Waals surface area contributed by atoms with E-state index in [2.05, 4.69) is 39.0 Å². The SMILES string of the molecule is CC(=O)O.CCc1cc(CC)cc(CC)c1. The lowest BCUT2D eigenvalue weighted by atomic mass is 10.0. The van der Waals surface area contributed by atoms with Gasteiger partial charge in [0.05, 0.1) is 0 Å². The van der Waals surface area contributed by atoms with Crippen molar-refractivity contribution in [2.45, 2.75) is 47.0 Å². The lowest BCUT2D eigenvalue weighted by Crippen LogP contribution is -1.90. The van der Waals surface area contributed by atoms with Gasteiger partial charge in [0.15, 0.2) is 0 Å². The molecule has 0 spiro atoms. The second-order valence-electron chi connectivity index (χ2n) is 3.74. The number of carboxylic acid groups (broad SMARTS) is 1. The Kier molecular flexibility index (Phi) is 7.27. The third-order valence-electron chi connectivity index (χ3n) is 2.34. The summed E-state index contributed by atoms with van der Waals surface area (Å²) < 4.78 is 0. The van der Waals surface area contributed by atoms with Crippen molar-refractivity contribution in [3.8, 4) is 0 Å². The molecule has 2 heteroatoms. The molecule has 90 valence electrons. The predicted octanol–water partition coefficient (Wildman–Crippen LogP) is 3.46. The zero-order valence-corrected chi connectivity index (χ0v) is 10.7. The second kappa shape index (κ2) is 7.91. The maximum Gasteiger partial charge on any atom is 0.300 e. The van der Waals surface area contributed by atoms with Crippen LogP contribution in [0.4, 0.5) is 0 Å². The summed E-state index contributed by atoms with van der Waals surface area (Å²) in [7, 11) is 0. The van der Waals surface area contributed by atoms with E-state index in [1.54, 1.807) is 0 Å². The minimum absolute atomic E-state index is 0.833. The lowest BCUT2D eigenvalue weighted by Gasteiger charge is -2.05. The van der Waals surface area contributed by atoms with Crippen molar-refractivity contribution in [1.82, 2.24) is 0 Å². The number of hydrogen-bond acceptors (Lipinski definition) is 1. The fourth-order valence-electron chi connectivity index (χ4n) is 1.45. The van der Waals surface area contributed by atoms with Crippen molar-refractivity contribution in [3.63, 3.8) is 0 Å². The highest BCUT2D eigenvalue weighted by atomic mass is 16.4. The van der Waals surface area contributed by atoms with Gasteiger partial charge in [0.1, 0.15) is 0 Å². The molecule has 0 saturated heterocycles. The third-order valence-corrected chi connectivity index (χ3v) is 2.34. The van der Waals surface area contributed by atoms with E-state index in [-0.39, 0.29) is 0 Å². The van der Waals surface area contributed by atoms with Gasteiger partial charge in [0.2, 0.25) is 0 Å². The Labute approximate surface area is 98.3 Å². The molecule has 0 atom stereocenters. The maximum absolute atomic E-state index is 9.00. The third kappa shape index (κ3) is 6.23. The largest absolute Gasteiger partial charge is 0.481 e. The molecule has 0 aliphatic rings. The van der Waals surface area contributed by atoms with E-state index < -0.39 is 5.97 Å². The van der Waals surface area contributed by atoms with Gasteiger partial charge in [-0.1, -0.05) is 39.0 Å². The molecule has 16 heavy (non-hydrogen) atoms. The summed E-state index contributed by atoms with van der Waals surface area (Å²) in [5, 5.41) is 7.42. The van der Waals surface area contributed by atoms with Crippen LogP contribution in [0.3, 0.4) is 0 Å². The van der Waals surface area contributed by atoms with Gasteiger partial charge in [0.25, 0.3) is 5.97 Å². The normalized spacial score (nSPS) is 9.25. The number of aryl methyl sites for hydroxylation is 3. The number of carboxylic acids is 1.